The molecule has 2 aromatic carbocycles. The van der Waals surface area contributed by atoms with Crippen molar-refractivity contribution in [2.45, 2.75) is 13.1 Å². The van der Waals surface area contributed by atoms with Crippen LogP contribution in [-0.2, 0) is 15.8 Å². The number of para-hydroxylation sites is 1. The zero-order chi connectivity index (χ0) is 18.6. The van der Waals surface area contributed by atoms with Crippen LogP contribution in [0.5, 0.6) is 0 Å². The number of carbonyl (C=O) groups excluding carboxylic acids is 2. The van der Waals surface area contributed by atoms with Crippen molar-refractivity contribution in [2.24, 2.45) is 0 Å². The fourth-order valence-corrected chi connectivity index (χ4v) is 2.40. The molecule has 0 atom stereocenters. The molecule has 2 rings (SSSR count). The van der Waals surface area contributed by atoms with E-state index in [1.165, 1.54) is 11.0 Å². The first-order chi connectivity index (χ1) is 11.7. The molecule has 0 radical (unpaired) electrons. The van der Waals surface area contributed by atoms with Crippen LogP contribution in [0, 0.1) is 0 Å². The van der Waals surface area contributed by atoms with Crippen LogP contribution >= 0.6 is 11.6 Å². The number of alkyl halides is 3. The van der Waals surface area contributed by atoms with Crippen LogP contribution in [0.3, 0.4) is 0 Å². The maximum atomic E-state index is 12.9. The van der Waals surface area contributed by atoms with Crippen molar-refractivity contribution < 1.29 is 22.8 Å². The van der Waals surface area contributed by atoms with Gasteiger partial charge in [0.25, 0.3) is 0 Å². The minimum absolute atomic E-state index is 0.167. The van der Waals surface area contributed by atoms with Crippen LogP contribution in [0.2, 0.25) is 5.02 Å². The average molecular weight is 371 g/mol. The Labute approximate surface area is 147 Å². The number of hydrogen-bond donors (Lipinski definition) is 1. The monoisotopic (exact) mass is 370 g/mol. The highest BCUT2D eigenvalue weighted by Crippen LogP contribution is 2.36. The molecular formula is C17H14ClF3N2O2. The summed E-state index contributed by atoms with van der Waals surface area (Å²) in [5.41, 5.74) is -0.744. The lowest BCUT2D eigenvalue weighted by molar-refractivity contribution is -0.137. The van der Waals surface area contributed by atoms with Crippen LogP contribution in [0.1, 0.15) is 12.5 Å². The smallest absolute Gasteiger partial charge is 0.318 e. The van der Waals surface area contributed by atoms with Gasteiger partial charge in [0.2, 0.25) is 0 Å². The Balaban J connectivity index is 2.20. The van der Waals surface area contributed by atoms with Crippen LogP contribution in [0.25, 0.3) is 0 Å². The Hall–Kier alpha value is -2.54. The highest BCUT2D eigenvalue weighted by molar-refractivity contribution is 6.44. The first-order valence-electron chi connectivity index (χ1n) is 7.28. The summed E-state index contributed by atoms with van der Waals surface area (Å²) < 4.78 is 38.6. The Morgan fingerprint density at radius 3 is 2.32 bits per heavy atom. The van der Waals surface area contributed by atoms with Crippen LogP contribution < -0.4 is 10.2 Å². The van der Waals surface area contributed by atoms with Gasteiger partial charge in [0, 0.05) is 17.9 Å². The predicted octanol–water partition coefficient (Wildman–Crippen LogP) is 4.35. The Bertz CT molecular complexity index is 779. The van der Waals surface area contributed by atoms with Gasteiger partial charge in [-0.1, -0.05) is 29.8 Å². The lowest BCUT2D eigenvalue weighted by atomic mass is 10.2. The van der Waals surface area contributed by atoms with Crippen LogP contribution in [-0.4, -0.2) is 18.4 Å². The van der Waals surface area contributed by atoms with E-state index in [0.29, 0.717) is 11.8 Å². The van der Waals surface area contributed by atoms with Crippen molar-refractivity contribution >= 4 is 34.8 Å². The minimum atomic E-state index is -4.67. The summed E-state index contributed by atoms with van der Waals surface area (Å²) in [6.07, 6.45) is -4.67. The highest BCUT2D eigenvalue weighted by Gasteiger charge is 2.33. The molecule has 0 saturated heterocycles. The number of hydrogen-bond acceptors (Lipinski definition) is 2. The van der Waals surface area contributed by atoms with E-state index in [-0.39, 0.29) is 12.2 Å². The van der Waals surface area contributed by atoms with Crippen LogP contribution in [0.15, 0.2) is 48.5 Å². The second kappa shape index (κ2) is 7.57. The SMILES string of the molecule is CCN(C(=O)C(=O)Nc1ccc(Cl)c(C(F)(F)F)c1)c1ccccc1. The molecule has 0 fully saturated rings. The predicted molar refractivity (Wildman–Crippen MR) is 89.6 cm³/mol. The molecule has 0 heterocycles. The molecule has 0 unspecified atom stereocenters. The molecule has 0 bridgehead atoms. The maximum Gasteiger partial charge on any atom is 0.417 e. The zero-order valence-electron chi connectivity index (χ0n) is 13.1. The number of anilines is 2. The Morgan fingerprint density at radius 2 is 1.76 bits per heavy atom. The standard InChI is InChI=1S/C17H14ClF3N2O2/c1-2-23(12-6-4-3-5-7-12)16(25)15(24)22-11-8-9-14(18)13(10-11)17(19,20)21/h3-10H,2H2,1H3,(H,22,24). The van der Waals surface area contributed by atoms with Crippen molar-refractivity contribution in [3.63, 3.8) is 0 Å². The molecule has 2 aromatic rings. The normalized spacial score (nSPS) is 11.1. The molecule has 0 spiro atoms. The van der Waals surface area contributed by atoms with Gasteiger partial charge >= 0.3 is 18.0 Å². The number of likely N-dealkylation sites (N-methyl/N-ethyl adjacent to an activating group) is 1. The molecule has 0 aliphatic heterocycles. The lowest BCUT2D eigenvalue weighted by Crippen LogP contribution is -2.39. The molecule has 0 aliphatic rings. The molecule has 2 amide bonds. The number of halogens is 4. The molecule has 1 N–H and O–H groups in total. The maximum absolute atomic E-state index is 12.9. The fraction of sp³-hybridized carbons (Fsp3) is 0.176. The number of carbonyl (C=O) groups is 2. The van der Waals surface area contributed by atoms with Gasteiger partial charge in [0.15, 0.2) is 0 Å². The van der Waals surface area contributed by atoms with E-state index in [0.717, 1.165) is 6.07 Å². The van der Waals surface area contributed by atoms with Crippen molar-refractivity contribution in [3.05, 3.63) is 59.1 Å². The third-order valence-electron chi connectivity index (χ3n) is 3.35. The van der Waals surface area contributed by atoms with Crippen molar-refractivity contribution in [2.75, 3.05) is 16.8 Å². The Morgan fingerprint density at radius 1 is 1.12 bits per heavy atom. The van der Waals surface area contributed by atoms with Gasteiger partial charge in [0.05, 0.1) is 10.6 Å². The average Bonchev–Trinajstić information content (AvgIpc) is 2.57. The summed E-state index contributed by atoms with van der Waals surface area (Å²) in [6, 6.07) is 11.4. The van der Waals surface area contributed by atoms with E-state index in [1.54, 1.807) is 37.3 Å². The molecular weight excluding hydrogens is 357 g/mol. The molecule has 0 aliphatic carbocycles. The van der Waals surface area contributed by atoms with E-state index >= 15 is 0 Å². The van der Waals surface area contributed by atoms with Crippen LogP contribution in [0.4, 0.5) is 24.5 Å². The van der Waals surface area contributed by atoms with E-state index in [9.17, 15) is 22.8 Å². The van der Waals surface area contributed by atoms with E-state index in [4.69, 9.17) is 11.6 Å². The van der Waals surface area contributed by atoms with E-state index < -0.39 is 28.6 Å². The zero-order valence-corrected chi connectivity index (χ0v) is 13.9. The Kier molecular flexibility index (Phi) is 5.69. The van der Waals surface area contributed by atoms with Gasteiger partial charge in [-0.05, 0) is 37.3 Å². The molecule has 0 saturated carbocycles. The number of rotatable bonds is 3. The van der Waals surface area contributed by atoms with Gasteiger partial charge in [-0.3, -0.25) is 9.59 Å². The van der Waals surface area contributed by atoms with Gasteiger partial charge in [0.1, 0.15) is 0 Å². The third-order valence-corrected chi connectivity index (χ3v) is 3.68. The number of amides is 2. The number of nitrogens with zero attached hydrogens (tertiary/aromatic N) is 1. The van der Waals surface area contributed by atoms with Gasteiger partial charge in [-0.2, -0.15) is 13.2 Å². The third kappa shape index (κ3) is 4.51. The van der Waals surface area contributed by atoms with Crippen molar-refractivity contribution in [3.8, 4) is 0 Å². The van der Waals surface area contributed by atoms with E-state index in [2.05, 4.69) is 5.32 Å². The second-order valence-corrected chi connectivity index (χ2v) is 5.44. The quantitative estimate of drug-likeness (QED) is 0.816. The van der Waals surface area contributed by atoms with Gasteiger partial charge in [-0.25, -0.2) is 0 Å². The summed E-state index contributed by atoms with van der Waals surface area (Å²) in [5, 5.41) is 1.69. The minimum Gasteiger partial charge on any atom is -0.318 e. The summed E-state index contributed by atoms with van der Waals surface area (Å²) in [6.45, 7) is 1.91. The summed E-state index contributed by atoms with van der Waals surface area (Å²) in [4.78, 5) is 25.6. The highest BCUT2D eigenvalue weighted by atomic mass is 35.5. The molecule has 4 nitrogen and oxygen atoms in total. The first-order valence-corrected chi connectivity index (χ1v) is 7.66. The van der Waals surface area contributed by atoms with Gasteiger partial charge < -0.3 is 10.2 Å². The van der Waals surface area contributed by atoms with Crippen molar-refractivity contribution in [1.29, 1.82) is 0 Å². The lowest BCUT2D eigenvalue weighted by Gasteiger charge is -2.20. The molecule has 132 valence electrons. The fourth-order valence-electron chi connectivity index (χ4n) is 2.18. The van der Waals surface area contributed by atoms with E-state index in [1.807, 2.05) is 0 Å². The van der Waals surface area contributed by atoms with Gasteiger partial charge in [-0.15, -0.1) is 0 Å². The number of nitrogens with one attached hydrogen (secondary N) is 1. The topological polar surface area (TPSA) is 49.4 Å². The summed E-state index contributed by atoms with van der Waals surface area (Å²) in [7, 11) is 0. The number of benzene rings is 2. The second-order valence-electron chi connectivity index (χ2n) is 5.03. The molecule has 8 heteroatoms. The first kappa shape index (κ1) is 18.8. The summed E-state index contributed by atoms with van der Waals surface area (Å²) >= 11 is 5.53. The molecule has 0 aromatic heterocycles. The largest absolute Gasteiger partial charge is 0.417 e. The van der Waals surface area contributed by atoms with Crippen molar-refractivity contribution in [1.82, 2.24) is 0 Å². The summed E-state index contributed by atoms with van der Waals surface area (Å²) in [5.74, 6) is -1.92. The molecule has 25 heavy (non-hydrogen) atoms.